The molecular formula is C24H31N3O2. The van der Waals surface area contributed by atoms with E-state index in [0.717, 1.165) is 51.5 Å². The number of morpholine rings is 1. The normalized spacial score (nSPS) is 17.5. The second-order valence-corrected chi connectivity index (χ2v) is 8.07. The monoisotopic (exact) mass is 393 g/mol. The van der Waals surface area contributed by atoms with Crippen LogP contribution in [0.4, 0.5) is 5.69 Å². The fraction of sp³-hybridized carbons (Fsp3) is 0.458. The number of carbonyl (C=O) groups excluding carboxylic acids is 1. The van der Waals surface area contributed by atoms with Crippen molar-refractivity contribution in [3.8, 4) is 0 Å². The number of hydrogen-bond acceptors (Lipinski definition) is 4. The Balaban J connectivity index is 1.45. The molecule has 0 radical (unpaired) electrons. The van der Waals surface area contributed by atoms with Crippen LogP contribution in [0.5, 0.6) is 0 Å². The standard InChI is InChI=1S/C24H31N3O2/c1-25(19-22-8-2-3-10-23(22)27-13-15-29-16-14-27)24(28)21-9-6-7-20(17-21)18-26-11-4-5-12-26/h2-3,6-10,17H,4-5,11-16,18-19H2,1H3. The van der Waals surface area contributed by atoms with Gasteiger partial charge in [-0.2, -0.15) is 0 Å². The summed E-state index contributed by atoms with van der Waals surface area (Å²) in [5.41, 5.74) is 4.38. The van der Waals surface area contributed by atoms with Crippen LogP contribution in [-0.4, -0.2) is 62.1 Å². The van der Waals surface area contributed by atoms with Crippen molar-refractivity contribution in [3.05, 3.63) is 65.2 Å². The number of rotatable bonds is 6. The van der Waals surface area contributed by atoms with Crippen LogP contribution in [0.3, 0.4) is 0 Å². The van der Waals surface area contributed by atoms with Crippen molar-refractivity contribution in [2.75, 3.05) is 51.3 Å². The highest BCUT2D eigenvalue weighted by Crippen LogP contribution is 2.23. The molecule has 0 N–H and O–H groups in total. The van der Waals surface area contributed by atoms with Crippen LogP contribution in [0.2, 0.25) is 0 Å². The smallest absolute Gasteiger partial charge is 0.253 e. The Morgan fingerprint density at radius 3 is 2.55 bits per heavy atom. The van der Waals surface area contributed by atoms with Gasteiger partial charge in [-0.25, -0.2) is 0 Å². The molecule has 1 amide bonds. The van der Waals surface area contributed by atoms with Crippen LogP contribution in [0.25, 0.3) is 0 Å². The molecule has 29 heavy (non-hydrogen) atoms. The molecule has 0 atom stereocenters. The average molecular weight is 394 g/mol. The van der Waals surface area contributed by atoms with Gasteiger partial charge in [-0.1, -0.05) is 30.3 Å². The molecule has 0 spiro atoms. The van der Waals surface area contributed by atoms with Crippen LogP contribution in [0, 0.1) is 0 Å². The molecular weight excluding hydrogens is 362 g/mol. The van der Waals surface area contributed by atoms with Gasteiger partial charge in [0.05, 0.1) is 13.2 Å². The van der Waals surface area contributed by atoms with Gasteiger partial charge in [-0.15, -0.1) is 0 Å². The third-order valence-corrected chi connectivity index (χ3v) is 5.88. The number of benzene rings is 2. The molecule has 0 aromatic heterocycles. The molecule has 2 fully saturated rings. The summed E-state index contributed by atoms with van der Waals surface area (Å²) in [4.78, 5) is 19.8. The molecule has 2 aliphatic rings. The lowest BCUT2D eigenvalue weighted by atomic mass is 10.1. The molecule has 0 unspecified atom stereocenters. The molecule has 154 valence electrons. The van der Waals surface area contributed by atoms with E-state index in [2.05, 4.69) is 40.1 Å². The number of hydrogen-bond donors (Lipinski definition) is 0. The first-order valence-corrected chi connectivity index (χ1v) is 10.7. The lowest BCUT2D eigenvalue weighted by Crippen LogP contribution is -2.37. The Morgan fingerprint density at radius 1 is 1.00 bits per heavy atom. The number of amides is 1. The van der Waals surface area contributed by atoms with Crippen molar-refractivity contribution in [1.82, 2.24) is 9.80 Å². The first-order valence-electron chi connectivity index (χ1n) is 10.7. The summed E-state index contributed by atoms with van der Waals surface area (Å²) in [5.74, 6) is 0.0741. The van der Waals surface area contributed by atoms with E-state index >= 15 is 0 Å². The predicted molar refractivity (Wildman–Crippen MR) is 116 cm³/mol. The van der Waals surface area contributed by atoms with Gasteiger partial charge in [0.15, 0.2) is 0 Å². The third-order valence-electron chi connectivity index (χ3n) is 5.88. The first-order chi connectivity index (χ1) is 14.2. The topological polar surface area (TPSA) is 36.0 Å². The van der Waals surface area contributed by atoms with Gasteiger partial charge in [0.1, 0.15) is 0 Å². The Morgan fingerprint density at radius 2 is 1.76 bits per heavy atom. The number of carbonyl (C=O) groups is 1. The van der Waals surface area contributed by atoms with E-state index < -0.39 is 0 Å². The summed E-state index contributed by atoms with van der Waals surface area (Å²) in [5, 5.41) is 0. The van der Waals surface area contributed by atoms with Gasteiger partial charge in [-0.3, -0.25) is 9.69 Å². The minimum atomic E-state index is 0.0741. The van der Waals surface area contributed by atoms with Crippen molar-refractivity contribution in [2.45, 2.75) is 25.9 Å². The molecule has 4 rings (SSSR count). The van der Waals surface area contributed by atoms with E-state index in [9.17, 15) is 4.79 Å². The van der Waals surface area contributed by atoms with E-state index in [4.69, 9.17) is 4.74 Å². The largest absolute Gasteiger partial charge is 0.378 e. The Bertz CT molecular complexity index is 826. The molecule has 0 saturated carbocycles. The fourth-order valence-electron chi connectivity index (χ4n) is 4.31. The summed E-state index contributed by atoms with van der Waals surface area (Å²) < 4.78 is 5.49. The van der Waals surface area contributed by atoms with E-state index in [1.54, 1.807) is 0 Å². The van der Waals surface area contributed by atoms with Gasteiger partial charge < -0.3 is 14.5 Å². The molecule has 0 bridgehead atoms. The highest BCUT2D eigenvalue weighted by Gasteiger charge is 2.18. The predicted octanol–water partition coefficient (Wildman–Crippen LogP) is 3.39. The van der Waals surface area contributed by atoms with E-state index in [0.29, 0.717) is 6.54 Å². The van der Waals surface area contributed by atoms with Gasteiger partial charge in [0.2, 0.25) is 0 Å². The van der Waals surface area contributed by atoms with E-state index in [-0.39, 0.29) is 5.91 Å². The van der Waals surface area contributed by atoms with Crippen LogP contribution < -0.4 is 4.90 Å². The van der Waals surface area contributed by atoms with Gasteiger partial charge in [0.25, 0.3) is 5.91 Å². The zero-order valence-electron chi connectivity index (χ0n) is 17.3. The molecule has 2 aliphatic heterocycles. The van der Waals surface area contributed by atoms with Crippen LogP contribution >= 0.6 is 0 Å². The highest BCUT2D eigenvalue weighted by atomic mass is 16.5. The minimum absolute atomic E-state index is 0.0741. The molecule has 2 heterocycles. The maximum Gasteiger partial charge on any atom is 0.253 e. The van der Waals surface area contributed by atoms with Crippen molar-refractivity contribution in [3.63, 3.8) is 0 Å². The zero-order chi connectivity index (χ0) is 20.1. The number of likely N-dealkylation sites (tertiary alicyclic amines) is 1. The Hall–Kier alpha value is -2.37. The second-order valence-electron chi connectivity index (χ2n) is 8.07. The number of nitrogens with zero attached hydrogens (tertiary/aromatic N) is 3. The quantitative estimate of drug-likeness (QED) is 0.754. The Kier molecular flexibility index (Phi) is 6.47. The number of para-hydroxylation sites is 1. The Labute approximate surface area is 173 Å². The zero-order valence-corrected chi connectivity index (χ0v) is 17.3. The van der Waals surface area contributed by atoms with Crippen molar-refractivity contribution >= 4 is 11.6 Å². The minimum Gasteiger partial charge on any atom is -0.378 e. The first kappa shape index (κ1) is 19.9. The fourth-order valence-corrected chi connectivity index (χ4v) is 4.31. The highest BCUT2D eigenvalue weighted by molar-refractivity contribution is 5.94. The lowest BCUT2D eigenvalue weighted by Gasteiger charge is -2.31. The van der Waals surface area contributed by atoms with E-state index in [1.807, 2.05) is 30.1 Å². The molecule has 2 aromatic rings. The maximum absolute atomic E-state index is 13.1. The summed E-state index contributed by atoms with van der Waals surface area (Å²) in [7, 11) is 1.89. The van der Waals surface area contributed by atoms with Crippen molar-refractivity contribution in [2.24, 2.45) is 0 Å². The van der Waals surface area contributed by atoms with Gasteiger partial charge in [-0.05, 0) is 55.3 Å². The van der Waals surface area contributed by atoms with Crippen molar-refractivity contribution < 1.29 is 9.53 Å². The SMILES string of the molecule is CN(Cc1ccccc1N1CCOCC1)C(=O)c1cccc(CN2CCCC2)c1. The average Bonchev–Trinajstić information content (AvgIpc) is 3.27. The van der Waals surface area contributed by atoms with Gasteiger partial charge in [0, 0.05) is 44.5 Å². The summed E-state index contributed by atoms with van der Waals surface area (Å²) in [6.07, 6.45) is 2.56. The molecule has 0 aliphatic carbocycles. The molecule has 2 saturated heterocycles. The van der Waals surface area contributed by atoms with Gasteiger partial charge >= 0.3 is 0 Å². The molecule has 5 heteroatoms. The van der Waals surface area contributed by atoms with Crippen LogP contribution in [0.1, 0.15) is 34.3 Å². The summed E-state index contributed by atoms with van der Waals surface area (Å²) in [6.45, 7) is 7.17. The summed E-state index contributed by atoms with van der Waals surface area (Å²) in [6, 6.07) is 16.5. The molecule has 5 nitrogen and oxygen atoms in total. The van der Waals surface area contributed by atoms with E-state index in [1.165, 1.54) is 29.7 Å². The van der Waals surface area contributed by atoms with Crippen LogP contribution in [-0.2, 0) is 17.8 Å². The summed E-state index contributed by atoms with van der Waals surface area (Å²) >= 11 is 0. The second kappa shape index (κ2) is 9.42. The lowest BCUT2D eigenvalue weighted by molar-refractivity contribution is 0.0784. The third kappa shape index (κ3) is 4.98. The van der Waals surface area contributed by atoms with Crippen molar-refractivity contribution in [1.29, 1.82) is 0 Å². The maximum atomic E-state index is 13.1. The number of ether oxygens (including phenoxy) is 1. The molecule has 2 aromatic carbocycles. The number of anilines is 1. The van der Waals surface area contributed by atoms with Crippen LogP contribution in [0.15, 0.2) is 48.5 Å².